The van der Waals surface area contributed by atoms with Gasteiger partial charge in [0, 0.05) is 19.6 Å². The molecule has 0 saturated carbocycles. The highest BCUT2D eigenvalue weighted by molar-refractivity contribution is 6.07. The lowest BCUT2D eigenvalue weighted by molar-refractivity contribution is -0.134. The molecule has 28 heavy (non-hydrogen) atoms. The first-order valence-electron chi connectivity index (χ1n) is 9.36. The molecule has 1 spiro atoms. The second-order valence-electron chi connectivity index (χ2n) is 7.57. The van der Waals surface area contributed by atoms with Gasteiger partial charge in [0.25, 0.3) is 5.91 Å². The van der Waals surface area contributed by atoms with E-state index in [1.165, 1.54) is 6.07 Å². The number of carbonyl (C=O) groups excluding carboxylic acids is 2. The summed E-state index contributed by atoms with van der Waals surface area (Å²) in [5.41, 5.74) is -1.03. The van der Waals surface area contributed by atoms with Crippen molar-refractivity contribution in [1.29, 1.82) is 0 Å². The van der Waals surface area contributed by atoms with Crippen LogP contribution in [0.1, 0.15) is 37.2 Å². The predicted octanol–water partition coefficient (Wildman–Crippen LogP) is 0.426. The molecule has 10 nitrogen and oxygen atoms in total. The highest BCUT2D eigenvalue weighted by atomic mass is 16.4. The fourth-order valence-corrected chi connectivity index (χ4v) is 3.89. The van der Waals surface area contributed by atoms with Crippen LogP contribution in [0.5, 0.6) is 0 Å². The number of aliphatic hydroxyl groups excluding tert-OH is 1. The van der Waals surface area contributed by atoms with E-state index in [-0.39, 0.29) is 36.7 Å². The van der Waals surface area contributed by atoms with Crippen molar-refractivity contribution in [2.45, 2.75) is 32.2 Å². The molecule has 2 saturated heterocycles. The lowest BCUT2D eigenvalue weighted by Crippen LogP contribution is -2.57. The van der Waals surface area contributed by atoms with Gasteiger partial charge in [-0.3, -0.25) is 9.69 Å². The molecule has 0 radical (unpaired) electrons. The normalized spacial score (nSPS) is 19.2. The molecule has 2 aliphatic rings. The summed E-state index contributed by atoms with van der Waals surface area (Å²) in [5, 5.41) is 25.8. The van der Waals surface area contributed by atoms with Crippen LogP contribution >= 0.6 is 0 Å². The number of piperidine rings is 1. The third-order valence-electron chi connectivity index (χ3n) is 5.28. The van der Waals surface area contributed by atoms with Gasteiger partial charge in [-0.2, -0.15) is 0 Å². The number of hydrogen-bond acceptors (Lipinski definition) is 7. The minimum atomic E-state index is -1.14. The topological polar surface area (TPSA) is 127 Å². The molecule has 0 bridgehead atoms. The van der Waals surface area contributed by atoms with E-state index in [1.807, 2.05) is 18.7 Å². The van der Waals surface area contributed by atoms with E-state index in [4.69, 9.17) is 5.11 Å². The van der Waals surface area contributed by atoms with Gasteiger partial charge in [0.05, 0.1) is 13.2 Å². The van der Waals surface area contributed by atoms with Gasteiger partial charge in [0.1, 0.15) is 5.54 Å². The van der Waals surface area contributed by atoms with Crippen LogP contribution in [0.25, 0.3) is 0 Å². The SMILES string of the molecule is CC(C)CN1C(=O)N(CCO)C(=O)C12CCN(c1ccc(C(=O)O)nn1)CC2. The highest BCUT2D eigenvalue weighted by Gasteiger charge is 2.57. The first kappa shape index (κ1) is 20.0. The molecule has 0 aromatic carbocycles. The number of β-amino-alcohol motifs (C(OH)–C–C–N with tert-alkyl or cyclic N) is 1. The van der Waals surface area contributed by atoms with Crippen molar-refractivity contribution in [3.63, 3.8) is 0 Å². The third-order valence-corrected chi connectivity index (χ3v) is 5.28. The maximum atomic E-state index is 13.1. The molecule has 1 aromatic heterocycles. The van der Waals surface area contributed by atoms with Crippen molar-refractivity contribution in [3.8, 4) is 0 Å². The molecule has 3 rings (SSSR count). The van der Waals surface area contributed by atoms with Gasteiger partial charge >= 0.3 is 12.0 Å². The Hall–Kier alpha value is -2.75. The Morgan fingerprint density at radius 2 is 1.89 bits per heavy atom. The van der Waals surface area contributed by atoms with E-state index in [2.05, 4.69) is 10.2 Å². The summed E-state index contributed by atoms with van der Waals surface area (Å²) >= 11 is 0. The molecule has 10 heteroatoms. The molecule has 0 atom stereocenters. The average Bonchev–Trinajstić information content (AvgIpc) is 2.85. The maximum Gasteiger partial charge on any atom is 0.356 e. The fraction of sp³-hybridized carbons (Fsp3) is 0.611. The minimum Gasteiger partial charge on any atom is -0.476 e. The van der Waals surface area contributed by atoms with E-state index in [9.17, 15) is 19.5 Å². The monoisotopic (exact) mass is 391 g/mol. The van der Waals surface area contributed by atoms with Gasteiger partial charge in [-0.1, -0.05) is 13.8 Å². The van der Waals surface area contributed by atoms with Crippen molar-refractivity contribution in [1.82, 2.24) is 20.0 Å². The lowest BCUT2D eigenvalue weighted by atomic mass is 9.85. The van der Waals surface area contributed by atoms with Gasteiger partial charge in [-0.05, 0) is 30.9 Å². The second kappa shape index (κ2) is 7.70. The van der Waals surface area contributed by atoms with Crippen LogP contribution in [0.2, 0.25) is 0 Å². The van der Waals surface area contributed by atoms with Crippen LogP contribution in [0.15, 0.2) is 12.1 Å². The smallest absolute Gasteiger partial charge is 0.356 e. The van der Waals surface area contributed by atoms with Gasteiger partial charge in [0.15, 0.2) is 11.5 Å². The Bertz CT molecular complexity index is 758. The minimum absolute atomic E-state index is 0.000147. The number of aromatic carboxylic acids is 1. The zero-order valence-corrected chi connectivity index (χ0v) is 16.0. The summed E-state index contributed by atoms with van der Waals surface area (Å²) in [5.74, 6) is -0.645. The van der Waals surface area contributed by atoms with E-state index < -0.39 is 11.5 Å². The Morgan fingerprint density at radius 1 is 1.21 bits per heavy atom. The van der Waals surface area contributed by atoms with Gasteiger partial charge in [-0.25, -0.2) is 9.59 Å². The number of anilines is 1. The highest BCUT2D eigenvalue weighted by Crippen LogP contribution is 2.38. The number of hydrogen-bond donors (Lipinski definition) is 2. The fourth-order valence-electron chi connectivity index (χ4n) is 3.89. The van der Waals surface area contributed by atoms with Crippen molar-refractivity contribution >= 4 is 23.7 Å². The molecule has 2 fully saturated rings. The number of urea groups is 1. The standard InChI is InChI=1S/C18H25N5O5/c1-12(2)11-23-17(28)22(9-10-24)16(27)18(23)5-7-21(8-6-18)14-4-3-13(15(25)26)19-20-14/h3-4,12,24H,5-11H2,1-2H3,(H,25,26). The Labute approximate surface area is 162 Å². The molecular weight excluding hydrogens is 366 g/mol. The van der Waals surface area contributed by atoms with Crippen LogP contribution in [0.4, 0.5) is 10.6 Å². The summed E-state index contributed by atoms with van der Waals surface area (Å²) in [6, 6.07) is 2.65. The molecule has 2 N–H and O–H groups in total. The van der Waals surface area contributed by atoms with Crippen LogP contribution in [0, 0.1) is 5.92 Å². The summed E-state index contributed by atoms with van der Waals surface area (Å²) < 4.78 is 0. The quantitative estimate of drug-likeness (QED) is 0.668. The zero-order chi connectivity index (χ0) is 20.5. The van der Waals surface area contributed by atoms with Crippen molar-refractivity contribution < 1.29 is 24.6 Å². The van der Waals surface area contributed by atoms with Crippen molar-refractivity contribution in [2.75, 3.05) is 37.7 Å². The number of nitrogens with zero attached hydrogens (tertiary/aromatic N) is 5. The van der Waals surface area contributed by atoms with E-state index in [0.717, 1.165) is 4.90 Å². The maximum absolute atomic E-state index is 13.1. The Kier molecular flexibility index (Phi) is 5.50. The van der Waals surface area contributed by atoms with Gasteiger partial charge in [-0.15, -0.1) is 10.2 Å². The van der Waals surface area contributed by atoms with E-state index in [1.54, 1.807) is 11.0 Å². The number of amides is 3. The largest absolute Gasteiger partial charge is 0.476 e. The molecule has 2 aliphatic heterocycles. The number of rotatable bonds is 6. The van der Waals surface area contributed by atoms with Crippen LogP contribution in [-0.2, 0) is 4.79 Å². The first-order valence-corrected chi connectivity index (χ1v) is 9.36. The lowest BCUT2D eigenvalue weighted by Gasteiger charge is -2.43. The molecule has 1 aromatic rings. The molecule has 3 heterocycles. The predicted molar refractivity (Wildman–Crippen MR) is 98.9 cm³/mol. The van der Waals surface area contributed by atoms with E-state index in [0.29, 0.717) is 38.3 Å². The molecule has 152 valence electrons. The Morgan fingerprint density at radius 3 is 2.39 bits per heavy atom. The summed E-state index contributed by atoms with van der Waals surface area (Å²) in [6.45, 7) is 5.17. The van der Waals surface area contributed by atoms with Crippen LogP contribution in [-0.4, -0.2) is 86.4 Å². The summed E-state index contributed by atoms with van der Waals surface area (Å²) in [7, 11) is 0. The molecule has 0 unspecified atom stereocenters. The number of carbonyl (C=O) groups is 3. The van der Waals surface area contributed by atoms with E-state index >= 15 is 0 Å². The van der Waals surface area contributed by atoms with Crippen molar-refractivity contribution in [2.24, 2.45) is 5.92 Å². The van der Waals surface area contributed by atoms with Crippen molar-refractivity contribution in [3.05, 3.63) is 17.8 Å². The number of aliphatic hydroxyl groups is 1. The number of aromatic nitrogens is 2. The summed E-state index contributed by atoms with van der Waals surface area (Å²) in [4.78, 5) is 41.5. The first-order chi connectivity index (χ1) is 13.3. The van der Waals surface area contributed by atoms with Crippen LogP contribution < -0.4 is 4.90 Å². The summed E-state index contributed by atoms with van der Waals surface area (Å²) in [6.07, 6.45) is 0.878. The second-order valence-corrected chi connectivity index (χ2v) is 7.57. The van der Waals surface area contributed by atoms with Gasteiger partial charge < -0.3 is 20.0 Å². The molecule has 0 aliphatic carbocycles. The third kappa shape index (κ3) is 3.39. The molecular formula is C18H25N5O5. The average molecular weight is 391 g/mol. The zero-order valence-electron chi connectivity index (χ0n) is 16.0. The number of imide groups is 1. The molecule has 3 amide bonds. The van der Waals surface area contributed by atoms with Gasteiger partial charge in [0.2, 0.25) is 0 Å². The van der Waals surface area contributed by atoms with Crippen LogP contribution in [0.3, 0.4) is 0 Å². The number of carboxylic acid groups (broad SMARTS) is 1. The number of carboxylic acids is 1. The Balaban J connectivity index is 1.79.